The van der Waals surface area contributed by atoms with Crippen LogP contribution in [0.4, 0.5) is 39.5 Å². The molecule has 0 unspecified atom stereocenters. The fraction of sp³-hybridized carbons (Fsp3) is 0.250. The molecular weight excluding hydrogens is 439 g/mol. The highest BCUT2D eigenvalue weighted by atomic mass is 19.4. The number of hydrogen-bond acceptors (Lipinski definition) is 3. The number of halogens is 9. The van der Waals surface area contributed by atoms with Gasteiger partial charge in [-0.3, -0.25) is 4.79 Å². The summed E-state index contributed by atoms with van der Waals surface area (Å²) in [7, 11) is 0. The number of carbonyl (C=O) groups excluding carboxylic acids is 1. The first-order valence-electron chi connectivity index (χ1n) is 7.58. The number of nitrogens with zero attached hydrogens (tertiary/aromatic N) is 2. The van der Waals surface area contributed by atoms with Crippen molar-refractivity contribution in [2.45, 2.75) is 24.6 Å². The van der Waals surface area contributed by atoms with Gasteiger partial charge in [0.05, 0.1) is 11.1 Å². The van der Waals surface area contributed by atoms with Crippen molar-refractivity contribution in [3.8, 4) is 5.75 Å². The Morgan fingerprint density at radius 3 is 2.07 bits per heavy atom. The lowest BCUT2D eigenvalue weighted by Gasteiger charge is -2.24. The van der Waals surface area contributed by atoms with Crippen molar-refractivity contribution >= 4 is 5.91 Å². The van der Waals surface area contributed by atoms with Crippen LogP contribution in [0.3, 0.4) is 0 Å². The van der Waals surface area contributed by atoms with Crippen molar-refractivity contribution in [3.63, 3.8) is 0 Å². The Hall–Kier alpha value is -3.19. The Morgan fingerprint density at radius 2 is 1.57 bits per heavy atom. The van der Waals surface area contributed by atoms with Crippen molar-refractivity contribution in [3.05, 3.63) is 59.2 Å². The predicted octanol–water partition coefficient (Wildman–Crippen LogP) is 4.36. The monoisotopic (exact) mass is 448 g/mol. The highest BCUT2D eigenvalue weighted by molar-refractivity contribution is 5.97. The van der Waals surface area contributed by atoms with Gasteiger partial charge in [-0.05, 0) is 30.3 Å². The third kappa shape index (κ3) is 5.45. The van der Waals surface area contributed by atoms with Gasteiger partial charge in [-0.15, -0.1) is 0 Å². The van der Waals surface area contributed by atoms with E-state index in [-0.39, 0.29) is 22.9 Å². The van der Waals surface area contributed by atoms with Crippen LogP contribution in [0.25, 0.3) is 0 Å². The van der Waals surface area contributed by atoms with Gasteiger partial charge in [0, 0.05) is 6.20 Å². The molecule has 5 nitrogen and oxygen atoms in total. The van der Waals surface area contributed by atoms with Crippen LogP contribution in [0.15, 0.2) is 47.6 Å². The number of amides is 1. The first-order valence-corrected chi connectivity index (χ1v) is 7.58. The average molecular weight is 448 g/mol. The molecule has 0 aliphatic rings. The molecule has 0 atom stereocenters. The number of rotatable bonds is 3. The van der Waals surface area contributed by atoms with E-state index in [4.69, 9.17) is 0 Å². The van der Waals surface area contributed by atoms with Crippen molar-refractivity contribution in [2.24, 2.45) is 4.99 Å². The summed E-state index contributed by atoms with van der Waals surface area (Å²) >= 11 is 0. The molecule has 14 heteroatoms. The molecule has 2 rings (SSSR count). The molecule has 0 fully saturated rings. The molecule has 0 bridgehead atoms. The molecule has 0 aliphatic heterocycles. The largest absolute Gasteiger partial charge is 0.470 e. The molecule has 0 radical (unpaired) electrons. The van der Waals surface area contributed by atoms with Gasteiger partial charge in [0.1, 0.15) is 5.75 Å². The van der Waals surface area contributed by atoms with E-state index in [1.54, 1.807) is 0 Å². The SMILES string of the molecule is O=C(N=c1ccccn1O)c1cc(C(F)(F)F)ccc1OC(C(F)(F)F)C(F)(F)F. The van der Waals surface area contributed by atoms with Crippen molar-refractivity contribution in [2.75, 3.05) is 0 Å². The summed E-state index contributed by atoms with van der Waals surface area (Å²) in [6.07, 6.45) is -20.5. The first kappa shape index (κ1) is 23.1. The summed E-state index contributed by atoms with van der Waals surface area (Å²) in [6, 6.07) is 3.79. The van der Waals surface area contributed by atoms with E-state index < -0.39 is 52.9 Å². The molecule has 0 spiro atoms. The van der Waals surface area contributed by atoms with E-state index in [0.29, 0.717) is 0 Å². The molecule has 0 saturated carbocycles. The zero-order valence-corrected chi connectivity index (χ0v) is 14.2. The summed E-state index contributed by atoms with van der Waals surface area (Å²) in [4.78, 5) is 15.5. The Labute approximate surface area is 160 Å². The fourth-order valence-corrected chi connectivity index (χ4v) is 2.10. The van der Waals surface area contributed by atoms with E-state index in [9.17, 15) is 49.5 Å². The fourth-order valence-electron chi connectivity index (χ4n) is 2.10. The lowest BCUT2D eigenvalue weighted by Crippen LogP contribution is -2.46. The Bertz CT molecular complexity index is 977. The summed E-state index contributed by atoms with van der Waals surface area (Å²) in [5, 5.41) is 9.48. The standard InChI is InChI=1S/C16H9F9N2O3/c17-14(18,19)8-4-5-10(30-13(15(20,21)22)16(23,24)25)9(7-8)12(28)26-11-3-1-2-6-27(11)29/h1-7,13,29H. The average Bonchev–Trinajstić information content (AvgIpc) is 2.58. The number of pyridine rings is 1. The molecule has 0 saturated heterocycles. The quantitative estimate of drug-likeness (QED) is 0.561. The van der Waals surface area contributed by atoms with Crippen LogP contribution >= 0.6 is 0 Å². The number of ether oxygens (including phenoxy) is 1. The van der Waals surface area contributed by atoms with Crippen LogP contribution in [0.2, 0.25) is 0 Å². The summed E-state index contributed by atoms with van der Waals surface area (Å²) in [5.41, 5.74) is -3.44. The lowest BCUT2D eigenvalue weighted by atomic mass is 10.1. The molecular formula is C16H9F9N2O3. The number of aromatic nitrogens is 1. The second kappa shape index (κ2) is 7.91. The maximum atomic E-state index is 12.9. The van der Waals surface area contributed by atoms with Crippen molar-refractivity contribution in [1.82, 2.24) is 4.73 Å². The molecule has 164 valence electrons. The molecule has 2 aromatic rings. The van der Waals surface area contributed by atoms with Crippen molar-refractivity contribution in [1.29, 1.82) is 0 Å². The molecule has 1 amide bonds. The zero-order valence-electron chi connectivity index (χ0n) is 14.2. The van der Waals surface area contributed by atoms with Gasteiger partial charge in [-0.25, -0.2) is 0 Å². The van der Waals surface area contributed by atoms with Crippen LogP contribution in [-0.2, 0) is 6.18 Å². The van der Waals surface area contributed by atoms with Gasteiger partial charge in [0.25, 0.3) is 12.0 Å². The maximum Gasteiger partial charge on any atom is 0.434 e. The van der Waals surface area contributed by atoms with Gasteiger partial charge in [0.2, 0.25) is 0 Å². The van der Waals surface area contributed by atoms with Crippen LogP contribution in [0.1, 0.15) is 15.9 Å². The normalized spacial score (nSPS) is 13.6. The number of alkyl halides is 9. The van der Waals surface area contributed by atoms with Gasteiger partial charge >= 0.3 is 18.5 Å². The molecule has 30 heavy (non-hydrogen) atoms. The summed E-state index contributed by atoms with van der Waals surface area (Å²) < 4.78 is 119. The van der Waals surface area contributed by atoms with Gasteiger partial charge in [0.15, 0.2) is 5.49 Å². The van der Waals surface area contributed by atoms with E-state index >= 15 is 0 Å². The van der Waals surface area contributed by atoms with Gasteiger partial charge in [-0.1, -0.05) is 6.07 Å². The second-order valence-electron chi connectivity index (χ2n) is 5.61. The maximum absolute atomic E-state index is 12.9. The van der Waals surface area contributed by atoms with Crippen LogP contribution < -0.4 is 10.2 Å². The minimum atomic E-state index is -5.98. The Morgan fingerprint density at radius 1 is 0.967 bits per heavy atom. The lowest BCUT2D eigenvalue weighted by molar-refractivity contribution is -0.300. The van der Waals surface area contributed by atoms with Crippen LogP contribution in [0, 0.1) is 0 Å². The van der Waals surface area contributed by atoms with Gasteiger partial charge < -0.3 is 9.94 Å². The number of carbonyl (C=O) groups is 1. The molecule has 1 aromatic heterocycles. The van der Waals surface area contributed by atoms with E-state index in [1.165, 1.54) is 12.1 Å². The van der Waals surface area contributed by atoms with Crippen LogP contribution in [-0.4, -0.2) is 34.3 Å². The first-order chi connectivity index (χ1) is 13.6. The number of hydrogen-bond donors (Lipinski definition) is 1. The topological polar surface area (TPSA) is 63.8 Å². The highest BCUT2D eigenvalue weighted by Gasteiger charge is 2.59. The highest BCUT2D eigenvalue weighted by Crippen LogP contribution is 2.39. The van der Waals surface area contributed by atoms with E-state index in [1.807, 2.05) is 0 Å². The third-order valence-corrected chi connectivity index (χ3v) is 3.41. The van der Waals surface area contributed by atoms with Crippen LogP contribution in [0.5, 0.6) is 5.75 Å². The minimum Gasteiger partial charge on any atom is -0.470 e. The molecule has 1 heterocycles. The van der Waals surface area contributed by atoms with E-state index in [0.717, 1.165) is 12.3 Å². The predicted molar refractivity (Wildman–Crippen MR) is 79.5 cm³/mol. The smallest absolute Gasteiger partial charge is 0.434 e. The zero-order chi connectivity index (χ0) is 22.9. The number of benzene rings is 1. The van der Waals surface area contributed by atoms with Crippen molar-refractivity contribution < 1.29 is 54.3 Å². The summed E-state index contributed by atoms with van der Waals surface area (Å²) in [6.45, 7) is 0. The van der Waals surface area contributed by atoms with E-state index in [2.05, 4.69) is 9.73 Å². The molecule has 0 aliphatic carbocycles. The third-order valence-electron chi connectivity index (χ3n) is 3.41. The summed E-state index contributed by atoms with van der Waals surface area (Å²) in [5.74, 6) is -3.12. The second-order valence-corrected chi connectivity index (χ2v) is 5.61. The Kier molecular flexibility index (Phi) is 6.09. The molecule has 1 aromatic carbocycles. The minimum absolute atomic E-state index is 0.00434. The van der Waals surface area contributed by atoms with Gasteiger partial charge in [-0.2, -0.15) is 49.2 Å². The molecule has 1 N–H and O–H groups in total. The Balaban J connectivity index is 2.63.